The molecule has 0 atom stereocenters. The first-order chi connectivity index (χ1) is 13.6. The molecule has 0 spiro atoms. The molecule has 0 saturated carbocycles. The third-order valence-electron chi connectivity index (χ3n) is 5.84. The predicted molar refractivity (Wildman–Crippen MR) is 116 cm³/mol. The van der Waals surface area contributed by atoms with E-state index in [0.717, 1.165) is 68.4 Å². The largest absolute Gasteiger partial charge is 0.327 e. The number of nitrogens with one attached hydrogen (secondary N) is 1. The highest BCUT2D eigenvalue weighted by atomic mass is 16.1. The molecule has 0 radical (unpaired) electrons. The van der Waals surface area contributed by atoms with Crippen LogP contribution in [0.4, 0.5) is 5.69 Å². The monoisotopic (exact) mass is 384 g/mol. The van der Waals surface area contributed by atoms with Crippen molar-refractivity contribution in [3.05, 3.63) is 24.0 Å². The van der Waals surface area contributed by atoms with E-state index < -0.39 is 0 Å². The number of carbonyl (C=O) groups is 1. The van der Waals surface area contributed by atoms with Gasteiger partial charge in [-0.25, -0.2) is 4.98 Å². The second-order valence-electron chi connectivity index (χ2n) is 8.35. The van der Waals surface area contributed by atoms with Gasteiger partial charge in [0.05, 0.1) is 17.6 Å². The standard InChI is InChI=1S/C23H36N4O/c1-4-6-8-23(28)24-19-9-10-21-20(16-19)25-22(27(21)13-7-5-2)17-26-14-11-18(3)12-15-26/h9-10,16,18H,4-8,11-15,17H2,1-3H3,(H,24,28). The van der Waals surface area contributed by atoms with E-state index in [4.69, 9.17) is 4.98 Å². The minimum Gasteiger partial charge on any atom is -0.327 e. The maximum atomic E-state index is 12.1. The van der Waals surface area contributed by atoms with Crippen LogP contribution in [0.3, 0.4) is 0 Å². The van der Waals surface area contributed by atoms with Crippen LogP contribution < -0.4 is 5.32 Å². The predicted octanol–water partition coefficient (Wildman–Crippen LogP) is 5.20. The van der Waals surface area contributed by atoms with Gasteiger partial charge in [-0.15, -0.1) is 0 Å². The summed E-state index contributed by atoms with van der Waals surface area (Å²) in [6, 6.07) is 6.17. The summed E-state index contributed by atoms with van der Waals surface area (Å²) in [5.74, 6) is 2.09. The van der Waals surface area contributed by atoms with E-state index >= 15 is 0 Å². The lowest BCUT2D eigenvalue weighted by atomic mass is 9.99. The van der Waals surface area contributed by atoms with Crippen molar-refractivity contribution in [2.24, 2.45) is 5.92 Å². The summed E-state index contributed by atoms with van der Waals surface area (Å²) in [6.07, 6.45) is 7.44. The number of hydrogen-bond acceptors (Lipinski definition) is 3. The van der Waals surface area contributed by atoms with Gasteiger partial charge in [-0.05, 0) is 62.9 Å². The highest BCUT2D eigenvalue weighted by molar-refractivity contribution is 5.93. The summed E-state index contributed by atoms with van der Waals surface area (Å²) in [5.41, 5.74) is 3.03. The van der Waals surface area contributed by atoms with Crippen LogP contribution in [0, 0.1) is 5.92 Å². The zero-order chi connectivity index (χ0) is 19.9. The molecule has 1 aromatic carbocycles. The average molecular weight is 385 g/mol. The van der Waals surface area contributed by atoms with E-state index in [9.17, 15) is 4.79 Å². The van der Waals surface area contributed by atoms with Crippen LogP contribution in [0.1, 0.15) is 71.5 Å². The van der Waals surface area contributed by atoms with E-state index in [2.05, 4.69) is 41.6 Å². The number of aryl methyl sites for hydroxylation is 1. The number of aromatic nitrogens is 2. The first kappa shape index (κ1) is 20.8. The third-order valence-corrected chi connectivity index (χ3v) is 5.84. The van der Waals surface area contributed by atoms with Gasteiger partial charge in [0.25, 0.3) is 0 Å². The Morgan fingerprint density at radius 2 is 1.93 bits per heavy atom. The van der Waals surface area contributed by atoms with E-state index in [1.54, 1.807) is 0 Å². The maximum Gasteiger partial charge on any atom is 0.224 e. The molecule has 1 aliphatic rings. The molecule has 0 unspecified atom stereocenters. The molecule has 154 valence electrons. The number of benzene rings is 1. The SMILES string of the molecule is CCCCC(=O)Nc1ccc2c(c1)nc(CN1CCC(C)CC1)n2CCCC. The van der Waals surface area contributed by atoms with Crippen molar-refractivity contribution < 1.29 is 4.79 Å². The third kappa shape index (κ3) is 5.34. The van der Waals surface area contributed by atoms with Gasteiger partial charge in [-0.2, -0.15) is 0 Å². The quantitative estimate of drug-likeness (QED) is 0.647. The minimum atomic E-state index is 0.0919. The topological polar surface area (TPSA) is 50.2 Å². The molecule has 2 aromatic rings. The van der Waals surface area contributed by atoms with Gasteiger partial charge in [0.15, 0.2) is 0 Å². The summed E-state index contributed by atoms with van der Waals surface area (Å²) in [7, 11) is 0. The number of amides is 1. The van der Waals surface area contributed by atoms with Gasteiger partial charge in [0.1, 0.15) is 5.82 Å². The van der Waals surface area contributed by atoms with Gasteiger partial charge >= 0.3 is 0 Å². The molecule has 3 rings (SSSR count). The smallest absolute Gasteiger partial charge is 0.224 e. The Hall–Kier alpha value is -1.88. The lowest BCUT2D eigenvalue weighted by Gasteiger charge is -2.30. The summed E-state index contributed by atoms with van der Waals surface area (Å²) < 4.78 is 2.39. The van der Waals surface area contributed by atoms with Gasteiger partial charge in [-0.1, -0.05) is 33.6 Å². The number of rotatable bonds is 9. The van der Waals surface area contributed by atoms with E-state index in [1.807, 2.05) is 12.1 Å². The number of imidazole rings is 1. The van der Waals surface area contributed by atoms with Crippen LogP contribution in [-0.4, -0.2) is 33.4 Å². The molecular weight excluding hydrogens is 348 g/mol. The van der Waals surface area contributed by atoms with Crippen LogP contribution in [0.5, 0.6) is 0 Å². The van der Waals surface area contributed by atoms with Crippen LogP contribution in [0.2, 0.25) is 0 Å². The van der Waals surface area contributed by atoms with Crippen molar-refractivity contribution in [3.8, 4) is 0 Å². The highest BCUT2D eigenvalue weighted by Gasteiger charge is 2.19. The van der Waals surface area contributed by atoms with Crippen molar-refractivity contribution in [3.63, 3.8) is 0 Å². The Kier molecular flexibility index (Phi) is 7.49. The van der Waals surface area contributed by atoms with Crippen molar-refractivity contribution in [1.29, 1.82) is 0 Å². The second-order valence-corrected chi connectivity index (χ2v) is 8.35. The molecule has 1 aromatic heterocycles. The number of fused-ring (bicyclic) bond motifs is 1. The number of unbranched alkanes of at least 4 members (excludes halogenated alkanes) is 2. The van der Waals surface area contributed by atoms with E-state index in [0.29, 0.717) is 6.42 Å². The molecule has 5 heteroatoms. The Balaban J connectivity index is 1.79. The highest BCUT2D eigenvalue weighted by Crippen LogP contribution is 2.24. The molecular formula is C23H36N4O. The molecule has 1 amide bonds. The van der Waals surface area contributed by atoms with Gasteiger partial charge in [0.2, 0.25) is 5.91 Å². The Morgan fingerprint density at radius 1 is 1.18 bits per heavy atom. The first-order valence-electron chi connectivity index (χ1n) is 11.1. The van der Waals surface area contributed by atoms with Crippen molar-refractivity contribution >= 4 is 22.6 Å². The van der Waals surface area contributed by atoms with Gasteiger partial charge < -0.3 is 9.88 Å². The molecule has 5 nitrogen and oxygen atoms in total. The number of anilines is 1. The summed E-state index contributed by atoms with van der Waals surface area (Å²) in [6.45, 7) is 10.9. The summed E-state index contributed by atoms with van der Waals surface area (Å²) in [5, 5.41) is 3.03. The molecule has 1 saturated heterocycles. The van der Waals surface area contributed by atoms with Crippen LogP contribution in [0.25, 0.3) is 11.0 Å². The first-order valence-corrected chi connectivity index (χ1v) is 11.1. The zero-order valence-electron chi connectivity index (χ0n) is 17.8. The molecule has 28 heavy (non-hydrogen) atoms. The summed E-state index contributed by atoms with van der Waals surface area (Å²) in [4.78, 5) is 19.6. The summed E-state index contributed by atoms with van der Waals surface area (Å²) >= 11 is 0. The van der Waals surface area contributed by atoms with Crippen molar-refractivity contribution in [1.82, 2.24) is 14.5 Å². The van der Waals surface area contributed by atoms with Gasteiger partial charge in [-0.3, -0.25) is 9.69 Å². The molecule has 1 fully saturated rings. The van der Waals surface area contributed by atoms with Gasteiger partial charge in [0, 0.05) is 18.7 Å². The Labute approximate surface area is 169 Å². The Bertz CT molecular complexity index is 774. The van der Waals surface area contributed by atoms with Crippen molar-refractivity contribution in [2.75, 3.05) is 18.4 Å². The minimum absolute atomic E-state index is 0.0919. The van der Waals surface area contributed by atoms with Crippen LogP contribution >= 0.6 is 0 Å². The lowest BCUT2D eigenvalue weighted by Crippen LogP contribution is -2.33. The fourth-order valence-electron chi connectivity index (χ4n) is 3.92. The molecule has 1 N–H and O–H groups in total. The molecule has 0 bridgehead atoms. The fourth-order valence-corrected chi connectivity index (χ4v) is 3.92. The van der Waals surface area contributed by atoms with Crippen LogP contribution in [0.15, 0.2) is 18.2 Å². The van der Waals surface area contributed by atoms with Crippen LogP contribution in [-0.2, 0) is 17.9 Å². The zero-order valence-corrected chi connectivity index (χ0v) is 17.8. The normalized spacial score (nSPS) is 16.0. The lowest BCUT2D eigenvalue weighted by molar-refractivity contribution is -0.116. The number of piperidine rings is 1. The molecule has 1 aliphatic heterocycles. The average Bonchev–Trinajstić information content (AvgIpc) is 3.02. The number of carbonyl (C=O) groups excluding carboxylic acids is 1. The number of nitrogens with zero attached hydrogens (tertiary/aromatic N) is 3. The number of hydrogen-bond donors (Lipinski definition) is 1. The molecule has 0 aliphatic carbocycles. The maximum absolute atomic E-state index is 12.1. The molecule has 2 heterocycles. The van der Waals surface area contributed by atoms with E-state index in [-0.39, 0.29) is 5.91 Å². The van der Waals surface area contributed by atoms with E-state index in [1.165, 1.54) is 24.8 Å². The fraction of sp³-hybridized carbons (Fsp3) is 0.652. The van der Waals surface area contributed by atoms with Crippen molar-refractivity contribution in [2.45, 2.75) is 78.8 Å². The second kappa shape index (κ2) is 10.1. The Morgan fingerprint density at radius 3 is 2.64 bits per heavy atom. The number of likely N-dealkylation sites (tertiary alicyclic amines) is 1.